The van der Waals surface area contributed by atoms with Gasteiger partial charge < -0.3 is 10.6 Å². The Balaban J connectivity index is 1.58. The molecular weight excluding hydrogens is 392 g/mol. The summed E-state index contributed by atoms with van der Waals surface area (Å²) >= 11 is 8.66. The number of rotatable bonds is 5. The van der Waals surface area contributed by atoms with Crippen molar-refractivity contribution in [3.8, 4) is 0 Å². The summed E-state index contributed by atoms with van der Waals surface area (Å²) in [5.74, 6) is -0.515. The molecule has 3 rings (SSSR count). The number of thioether (sulfide) groups is 1. The third kappa shape index (κ3) is 4.94. The molecule has 1 unspecified atom stereocenters. The number of amides is 2. The quantitative estimate of drug-likeness (QED) is 0.586. The molecule has 134 valence electrons. The first-order valence-corrected chi connectivity index (χ1v) is 9.84. The van der Waals surface area contributed by atoms with Crippen LogP contribution in [0, 0.1) is 0 Å². The lowest BCUT2D eigenvalue weighted by Gasteiger charge is -2.07. The molecule has 2 heterocycles. The third-order valence-electron chi connectivity index (χ3n) is 3.42. The summed E-state index contributed by atoms with van der Waals surface area (Å²) in [5.41, 5.74) is 1.36. The topological polar surface area (TPSA) is 82.9 Å². The van der Waals surface area contributed by atoms with Gasteiger partial charge in [-0.05, 0) is 36.6 Å². The number of carbonyl (C=O) groups excluding carboxylic acids is 2. The highest BCUT2D eigenvalue weighted by Gasteiger charge is 2.32. The van der Waals surface area contributed by atoms with Crippen molar-refractivity contribution in [1.82, 2.24) is 5.32 Å². The molecule has 1 aromatic carbocycles. The van der Waals surface area contributed by atoms with Gasteiger partial charge in [0.25, 0.3) is 0 Å². The highest BCUT2D eigenvalue weighted by Crippen LogP contribution is 2.24. The Kier molecular flexibility index (Phi) is 6.08. The van der Waals surface area contributed by atoms with Gasteiger partial charge in [0.2, 0.25) is 11.8 Å². The first-order chi connectivity index (χ1) is 12.5. The number of nitrogens with zero attached hydrogens (tertiary/aromatic N) is 2. The summed E-state index contributed by atoms with van der Waals surface area (Å²) in [6.45, 7) is 1.85. The van der Waals surface area contributed by atoms with E-state index in [-0.39, 0.29) is 18.2 Å². The van der Waals surface area contributed by atoms with Gasteiger partial charge >= 0.3 is 0 Å². The Morgan fingerprint density at radius 3 is 2.92 bits per heavy atom. The lowest BCUT2D eigenvalue weighted by molar-refractivity contribution is -0.122. The second-order valence-corrected chi connectivity index (χ2v) is 8.00. The fraction of sp³-hybridized carbons (Fsp3) is 0.176. The molecule has 9 heteroatoms. The van der Waals surface area contributed by atoms with Crippen LogP contribution in [0.5, 0.6) is 0 Å². The molecule has 0 bridgehead atoms. The average Bonchev–Trinajstić information content (AvgIpc) is 3.23. The largest absolute Gasteiger partial charge is 0.326 e. The highest BCUT2D eigenvalue weighted by atomic mass is 35.5. The molecule has 2 aromatic rings. The summed E-state index contributed by atoms with van der Waals surface area (Å²) in [5, 5.41) is 15.9. The van der Waals surface area contributed by atoms with E-state index in [2.05, 4.69) is 20.8 Å². The Hall–Kier alpha value is -2.16. The standard InChI is InChI=1S/C17H15ClN4O2S2/c1-10(13-6-3-7-25-13)21-22-17-20-16(24)14(26-17)9-15(23)19-12-5-2-4-11(18)8-12/h2-8,14H,9H2,1H3,(H,19,23)(H,20,22,24)/b21-10+. The zero-order valence-corrected chi connectivity index (χ0v) is 16.1. The van der Waals surface area contributed by atoms with Gasteiger partial charge in [-0.3, -0.25) is 9.59 Å². The molecule has 6 nitrogen and oxygen atoms in total. The van der Waals surface area contributed by atoms with E-state index in [1.54, 1.807) is 35.6 Å². The molecular formula is C17H15ClN4O2S2. The van der Waals surface area contributed by atoms with Crippen molar-refractivity contribution in [2.45, 2.75) is 18.6 Å². The molecule has 0 aliphatic carbocycles. The van der Waals surface area contributed by atoms with Gasteiger partial charge in [0, 0.05) is 17.1 Å². The Bertz CT molecular complexity index is 881. The number of hydrogen-bond donors (Lipinski definition) is 2. The van der Waals surface area contributed by atoms with Crippen LogP contribution in [0.25, 0.3) is 0 Å². The summed E-state index contributed by atoms with van der Waals surface area (Å²) in [6.07, 6.45) is 0.0374. The van der Waals surface area contributed by atoms with Crippen molar-refractivity contribution in [3.05, 3.63) is 51.7 Å². The van der Waals surface area contributed by atoms with E-state index < -0.39 is 5.25 Å². The Labute approximate surface area is 163 Å². The highest BCUT2D eigenvalue weighted by molar-refractivity contribution is 8.15. The smallest absolute Gasteiger partial charge is 0.240 e. The van der Waals surface area contributed by atoms with E-state index in [0.29, 0.717) is 15.9 Å². The van der Waals surface area contributed by atoms with Gasteiger partial charge in [-0.15, -0.1) is 16.4 Å². The molecule has 0 radical (unpaired) electrons. The maximum Gasteiger partial charge on any atom is 0.240 e. The van der Waals surface area contributed by atoms with Crippen molar-refractivity contribution in [2.75, 3.05) is 5.32 Å². The van der Waals surface area contributed by atoms with Gasteiger partial charge in [-0.1, -0.05) is 35.5 Å². The minimum Gasteiger partial charge on any atom is -0.326 e. The predicted molar refractivity (Wildman–Crippen MR) is 108 cm³/mol. The van der Waals surface area contributed by atoms with Gasteiger partial charge in [0.15, 0.2) is 5.17 Å². The zero-order valence-electron chi connectivity index (χ0n) is 13.7. The van der Waals surface area contributed by atoms with Crippen molar-refractivity contribution in [1.29, 1.82) is 0 Å². The number of amidine groups is 1. The van der Waals surface area contributed by atoms with Crippen LogP contribution >= 0.6 is 34.7 Å². The van der Waals surface area contributed by atoms with E-state index in [1.165, 1.54) is 11.8 Å². The maximum atomic E-state index is 12.1. The molecule has 1 fully saturated rings. The summed E-state index contributed by atoms with van der Waals surface area (Å²) in [6, 6.07) is 10.7. The molecule has 1 atom stereocenters. The van der Waals surface area contributed by atoms with E-state index in [1.807, 2.05) is 24.4 Å². The van der Waals surface area contributed by atoms with Gasteiger partial charge in [-0.2, -0.15) is 5.10 Å². The van der Waals surface area contributed by atoms with Crippen molar-refractivity contribution >= 4 is 63.1 Å². The molecule has 0 spiro atoms. The molecule has 0 saturated carbocycles. The van der Waals surface area contributed by atoms with E-state index in [0.717, 1.165) is 10.6 Å². The van der Waals surface area contributed by atoms with Gasteiger partial charge in [-0.25, -0.2) is 0 Å². The molecule has 2 amide bonds. The van der Waals surface area contributed by atoms with E-state index >= 15 is 0 Å². The molecule has 2 N–H and O–H groups in total. The van der Waals surface area contributed by atoms with Crippen molar-refractivity contribution in [3.63, 3.8) is 0 Å². The lowest BCUT2D eigenvalue weighted by Crippen LogP contribution is -2.28. The fourth-order valence-electron chi connectivity index (χ4n) is 2.19. The van der Waals surface area contributed by atoms with Crippen molar-refractivity contribution in [2.24, 2.45) is 10.2 Å². The van der Waals surface area contributed by atoms with Crippen LogP contribution in [-0.2, 0) is 9.59 Å². The van der Waals surface area contributed by atoms with E-state index in [9.17, 15) is 9.59 Å². The first kappa shape index (κ1) is 18.6. The van der Waals surface area contributed by atoms with Gasteiger partial charge in [0.05, 0.1) is 10.6 Å². The Morgan fingerprint density at radius 1 is 1.35 bits per heavy atom. The second-order valence-electron chi connectivity index (χ2n) is 5.43. The average molecular weight is 407 g/mol. The van der Waals surface area contributed by atoms with Crippen LogP contribution in [0.1, 0.15) is 18.2 Å². The number of anilines is 1. The molecule has 1 aliphatic rings. The summed E-state index contributed by atoms with van der Waals surface area (Å²) in [7, 11) is 0. The monoisotopic (exact) mass is 406 g/mol. The number of thiophene rings is 1. The Morgan fingerprint density at radius 2 is 2.19 bits per heavy atom. The molecule has 1 aromatic heterocycles. The minimum absolute atomic E-state index is 0.0374. The van der Waals surface area contributed by atoms with Gasteiger partial charge in [0.1, 0.15) is 5.25 Å². The van der Waals surface area contributed by atoms with Crippen LogP contribution < -0.4 is 10.6 Å². The predicted octanol–water partition coefficient (Wildman–Crippen LogP) is 3.74. The lowest BCUT2D eigenvalue weighted by atomic mass is 10.2. The fourth-order valence-corrected chi connectivity index (χ4v) is 3.97. The van der Waals surface area contributed by atoms with Crippen molar-refractivity contribution < 1.29 is 9.59 Å². The van der Waals surface area contributed by atoms with Crippen LogP contribution in [0.4, 0.5) is 5.69 Å². The van der Waals surface area contributed by atoms with Crippen LogP contribution in [0.2, 0.25) is 5.02 Å². The second kappa shape index (κ2) is 8.48. The third-order valence-corrected chi connectivity index (χ3v) is 5.71. The summed E-state index contributed by atoms with van der Waals surface area (Å²) in [4.78, 5) is 25.2. The van der Waals surface area contributed by atoms with E-state index in [4.69, 9.17) is 11.6 Å². The maximum absolute atomic E-state index is 12.1. The number of hydrogen-bond acceptors (Lipinski definition) is 6. The number of benzene rings is 1. The number of carbonyl (C=O) groups is 2. The van der Waals surface area contributed by atoms with Crippen LogP contribution in [0.3, 0.4) is 0 Å². The molecule has 1 saturated heterocycles. The zero-order chi connectivity index (χ0) is 18.5. The normalized spacial score (nSPS) is 18.8. The first-order valence-electron chi connectivity index (χ1n) is 7.70. The summed E-state index contributed by atoms with van der Waals surface area (Å²) < 4.78 is 0. The number of nitrogens with one attached hydrogen (secondary N) is 2. The van der Waals surface area contributed by atoms with Crippen LogP contribution in [-0.4, -0.2) is 27.9 Å². The minimum atomic E-state index is -0.537. The molecule has 26 heavy (non-hydrogen) atoms. The van der Waals surface area contributed by atoms with Crippen LogP contribution in [0.15, 0.2) is 52.0 Å². The SMILES string of the molecule is C/C(=N\N=C1/NC(=O)C(CC(=O)Nc2cccc(Cl)c2)S1)c1cccs1. The number of halogens is 1. The molecule has 1 aliphatic heterocycles.